The minimum Gasteiger partial charge on any atom is -0.497 e. The van der Waals surface area contributed by atoms with E-state index < -0.39 is 5.97 Å². The lowest BCUT2D eigenvalue weighted by molar-refractivity contribution is -0.154. The van der Waals surface area contributed by atoms with Crippen molar-refractivity contribution in [3.05, 3.63) is 64.3 Å². The number of carbonyl (C=O) groups excluding carboxylic acids is 2. The van der Waals surface area contributed by atoms with Crippen LogP contribution in [0.4, 0.5) is 0 Å². The van der Waals surface area contributed by atoms with E-state index in [1.165, 1.54) is 0 Å². The highest BCUT2D eigenvalue weighted by Crippen LogP contribution is 2.31. The number of esters is 1. The molecule has 3 rings (SSSR count). The second-order valence-corrected chi connectivity index (χ2v) is 6.83. The molecule has 0 spiro atoms. The van der Waals surface area contributed by atoms with Crippen molar-refractivity contribution >= 4 is 34.4 Å². The van der Waals surface area contributed by atoms with E-state index in [0.717, 1.165) is 5.39 Å². The highest BCUT2D eigenvalue weighted by molar-refractivity contribution is 6.30. The normalized spacial score (nSPS) is 10.9. The second kappa shape index (κ2) is 9.11. The first-order valence-electron chi connectivity index (χ1n) is 9.17. The van der Waals surface area contributed by atoms with Gasteiger partial charge in [-0.15, -0.1) is 0 Å². The van der Waals surface area contributed by atoms with Crippen molar-refractivity contribution in [2.75, 3.05) is 20.5 Å². The maximum absolute atomic E-state index is 13.2. The molecule has 0 aliphatic carbocycles. The molecule has 0 aliphatic rings. The van der Waals surface area contributed by atoms with Crippen molar-refractivity contribution in [2.45, 2.75) is 20.3 Å². The molecule has 0 amide bonds. The molecule has 7 heteroatoms. The molecule has 6 nitrogen and oxygen atoms in total. The van der Waals surface area contributed by atoms with E-state index in [4.69, 9.17) is 25.8 Å². The van der Waals surface area contributed by atoms with Gasteiger partial charge >= 0.3 is 5.97 Å². The summed E-state index contributed by atoms with van der Waals surface area (Å²) in [6.45, 7) is 3.99. The number of rotatable bonds is 7. The Labute approximate surface area is 173 Å². The van der Waals surface area contributed by atoms with Gasteiger partial charge in [-0.3, -0.25) is 14.2 Å². The fraction of sp³-hybridized carbons (Fsp3) is 0.273. The van der Waals surface area contributed by atoms with Crippen molar-refractivity contribution in [2.24, 2.45) is 0 Å². The summed E-state index contributed by atoms with van der Waals surface area (Å²) in [5.74, 6) is 0.00292. The second-order valence-electron chi connectivity index (χ2n) is 6.40. The largest absolute Gasteiger partial charge is 0.497 e. The van der Waals surface area contributed by atoms with Crippen molar-refractivity contribution < 1.29 is 23.8 Å². The third-order valence-electron chi connectivity index (χ3n) is 4.66. The van der Waals surface area contributed by atoms with E-state index in [1.54, 1.807) is 42.0 Å². The number of fused-ring (bicyclic) bond motifs is 1. The Morgan fingerprint density at radius 2 is 1.83 bits per heavy atom. The first-order chi connectivity index (χ1) is 14.0. The smallest absolute Gasteiger partial charge is 0.312 e. The van der Waals surface area contributed by atoms with Crippen LogP contribution >= 0.6 is 11.6 Å². The Balaban J connectivity index is 2.06. The van der Waals surface area contributed by atoms with Crippen LogP contribution in [0.2, 0.25) is 5.02 Å². The minimum atomic E-state index is -0.428. The van der Waals surface area contributed by atoms with Gasteiger partial charge in [0.25, 0.3) is 5.91 Å². The van der Waals surface area contributed by atoms with Gasteiger partial charge in [0.15, 0.2) is 6.79 Å². The van der Waals surface area contributed by atoms with Crippen LogP contribution in [0.1, 0.15) is 28.5 Å². The van der Waals surface area contributed by atoms with Crippen molar-refractivity contribution in [3.63, 3.8) is 0 Å². The number of ether oxygens (including phenoxy) is 3. The van der Waals surface area contributed by atoms with Crippen LogP contribution in [0, 0.1) is 6.92 Å². The average Bonchev–Trinajstić information content (AvgIpc) is 2.99. The molecule has 1 heterocycles. The fourth-order valence-electron chi connectivity index (χ4n) is 3.18. The average molecular weight is 416 g/mol. The summed E-state index contributed by atoms with van der Waals surface area (Å²) < 4.78 is 17.1. The predicted molar refractivity (Wildman–Crippen MR) is 111 cm³/mol. The summed E-state index contributed by atoms with van der Waals surface area (Å²) in [6.07, 6.45) is 0.0173. The number of hydrogen-bond donors (Lipinski definition) is 0. The number of aromatic nitrogens is 1. The summed E-state index contributed by atoms with van der Waals surface area (Å²) in [7, 11) is 1.57. The van der Waals surface area contributed by atoms with Gasteiger partial charge in [-0.25, -0.2) is 0 Å². The highest BCUT2D eigenvalue weighted by Gasteiger charge is 2.22. The zero-order chi connectivity index (χ0) is 21.0. The van der Waals surface area contributed by atoms with Gasteiger partial charge in [0.1, 0.15) is 5.75 Å². The van der Waals surface area contributed by atoms with E-state index in [1.807, 2.05) is 26.0 Å². The Bertz CT molecular complexity index is 1040. The number of methoxy groups -OCH3 is 1. The van der Waals surface area contributed by atoms with Gasteiger partial charge in [-0.2, -0.15) is 0 Å². The fourth-order valence-corrected chi connectivity index (χ4v) is 3.31. The van der Waals surface area contributed by atoms with Gasteiger partial charge in [0, 0.05) is 28.3 Å². The Morgan fingerprint density at radius 1 is 1.10 bits per heavy atom. The van der Waals surface area contributed by atoms with Gasteiger partial charge < -0.3 is 14.2 Å². The highest BCUT2D eigenvalue weighted by atomic mass is 35.5. The summed E-state index contributed by atoms with van der Waals surface area (Å²) in [5, 5.41) is 1.32. The zero-order valence-corrected chi connectivity index (χ0v) is 17.3. The molecular weight excluding hydrogens is 394 g/mol. The molecule has 29 heavy (non-hydrogen) atoms. The van der Waals surface area contributed by atoms with Crippen LogP contribution in [0.5, 0.6) is 5.75 Å². The molecule has 2 aromatic carbocycles. The third kappa shape index (κ3) is 4.44. The number of benzene rings is 2. The summed E-state index contributed by atoms with van der Waals surface area (Å²) in [5.41, 5.74) is 2.57. The molecule has 1 aromatic heterocycles. The van der Waals surface area contributed by atoms with Crippen LogP contribution in [0.3, 0.4) is 0 Å². The van der Waals surface area contributed by atoms with Gasteiger partial charge in [-0.1, -0.05) is 11.6 Å². The molecular formula is C22H22ClNO5. The summed E-state index contributed by atoms with van der Waals surface area (Å²) >= 11 is 5.94. The predicted octanol–water partition coefficient (Wildman–Crippen LogP) is 4.38. The first kappa shape index (κ1) is 20.9. The quantitative estimate of drug-likeness (QED) is 0.325. The van der Waals surface area contributed by atoms with Crippen LogP contribution in [-0.2, 0) is 20.7 Å². The number of halogens is 1. The van der Waals surface area contributed by atoms with E-state index in [2.05, 4.69) is 0 Å². The van der Waals surface area contributed by atoms with E-state index in [0.29, 0.717) is 39.7 Å². The van der Waals surface area contributed by atoms with Crippen LogP contribution in [0.15, 0.2) is 42.5 Å². The molecule has 0 saturated heterocycles. The number of hydrogen-bond acceptors (Lipinski definition) is 5. The molecule has 152 valence electrons. The standard InChI is InChI=1S/C22H22ClNO5/c1-4-28-13-29-21(25)12-18-14(2)24(20-10-9-17(27-3)11-19(18)20)22(26)15-5-7-16(23)8-6-15/h5-11H,4,12-13H2,1-3H3. The maximum atomic E-state index is 13.2. The summed E-state index contributed by atoms with van der Waals surface area (Å²) in [6, 6.07) is 12.1. The number of carbonyl (C=O) groups is 2. The van der Waals surface area contributed by atoms with E-state index in [-0.39, 0.29) is 19.1 Å². The lowest BCUT2D eigenvalue weighted by Gasteiger charge is -2.08. The number of nitrogens with zero attached hydrogens (tertiary/aromatic N) is 1. The molecule has 0 saturated carbocycles. The first-order valence-corrected chi connectivity index (χ1v) is 9.55. The summed E-state index contributed by atoms with van der Waals surface area (Å²) in [4.78, 5) is 25.5. The molecule has 0 bridgehead atoms. The van der Waals surface area contributed by atoms with E-state index in [9.17, 15) is 9.59 Å². The van der Waals surface area contributed by atoms with Crippen LogP contribution in [-0.4, -0.2) is 37.0 Å². The van der Waals surface area contributed by atoms with Crippen molar-refractivity contribution in [1.82, 2.24) is 4.57 Å². The Hall–Kier alpha value is -2.83. The molecule has 3 aromatic rings. The SMILES string of the molecule is CCOCOC(=O)Cc1c(C)n(C(=O)c2ccc(Cl)cc2)c2ccc(OC)cc12. The van der Waals surface area contributed by atoms with E-state index >= 15 is 0 Å². The van der Waals surface area contributed by atoms with Gasteiger partial charge in [0.2, 0.25) is 0 Å². The molecule has 0 atom stereocenters. The van der Waals surface area contributed by atoms with Crippen LogP contribution in [0.25, 0.3) is 10.9 Å². The Kier molecular flexibility index (Phi) is 6.56. The molecule has 0 fully saturated rings. The maximum Gasteiger partial charge on any atom is 0.312 e. The lowest BCUT2D eigenvalue weighted by Crippen LogP contribution is -2.15. The molecule has 0 N–H and O–H groups in total. The molecule has 0 radical (unpaired) electrons. The van der Waals surface area contributed by atoms with Gasteiger partial charge in [-0.05, 0) is 61.9 Å². The monoisotopic (exact) mass is 415 g/mol. The van der Waals surface area contributed by atoms with Crippen molar-refractivity contribution in [3.8, 4) is 5.75 Å². The zero-order valence-electron chi connectivity index (χ0n) is 16.5. The Morgan fingerprint density at radius 3 is 2.48 bits per heavy atom. The topological polar surface area (TPSA) is 66.8 Å². The van der Waals surface area contributed by atoms with Crippen molar-refractivity contribution in [1.29, 1.82) is 0 Å². The minimum absolute atomic E-state index is 0.0173. The van der Waals surface area contributed by atoms with Gasteiger partial charge in [0.05, 0.1) is 19.0 Å². The van der Waals surface area contributed by atoms with Crippen LogP contribution < -0.4 is 4.74 Å². The lowest BCUT2D eigenvalue weighted by atomic mass is 10.1. The molecule has 0 aliphatic heterocycles. The third-order valence-corrected chi connectivity index (χ3v) is 4.92. The molecule has 0 unspecified atom stereocenters.